The highest BCUT2D eigenvalue weighted by atomic mass is 16.5. The lowest BCUT2D eigenvalue weighted by molar-refractivity contribution is 0.0541. The van der Waals surface area contributed by atoms with Gasteiger partial charge in [-0.05, 0) is 36.4 Å². The van der Waals surface area contributed by atoms with E-state index >= 15 is 0 Å². The van der Waals surface area contributed by atoms with E-state index in [-0.39, 0.29) is 0 Å². The molecule has 6 nitrogen and oxygen atoms in total. The quantitative estimate of drug-likeness (QED) is 0.625. The average molecular weight is 408 g/mol. The maximum atomic E-state index is 5.87. The maximum Gasteiger partial charge on any atom is 0.128 e. The van der Waals surface area contributed by atoms with Crippen LogP contribution in [-0.4, -0.2) is 65.2 Å². The molecule has 0 spiro atoms. The Morgan fingerprint density at radius 1 is 0.567 bits per heavy atom. The summed E-state index contributed by atoms with van der Waals surface area (Å²) in [7, 11) is 0. The third-order valence-electron chi connectivity index (χ3n) is 4.24. The fraction of sp³-hybridized carbons (Fsp3) is 0.333. The second-order valence-corrected chi connectivity index (χ2v) is 6.46. The Morgan fingerprint density at radius 2 is 1.03 bits per heavy atom. The number of rotatable bonds is 0. The molecule has 0 N–H and O–H groups in total. The fourth-order valence-corrected chi connectivity index (χ4v) is 2.73. The van der Waals surface area contributed by atoms with E-state index < -0.39 is 0 Å². The van der Waals surface area contributed by atoms with E-state index in [2.05, 4.69) is 9.98 Å². The van der Waals surface area contributed by atoms with Gasteiger partial charge < -0.3 is 18.9 Å². The lowest BCUT2D eigenvalue weighted by Gasteiger charge is -2.08. The first-order chi connectivity index (χ1) is 14.9. The summed E-state index contributed by atoms with van der Waals surface area (Å²) in [5.74, 6) is 1.59. The minimum Gasteiger partial charge on any atom is -0.489 e. The Kier molecular flexibility index (Phi) is 9.64. The molecule has 0 atom stereocenters. The van der Waals surface area contributed by atoms with Crippen LogP contribution in [0.2, 0.25) is 0 Å². The molecular weight excluding hydrogens is 380 g/mol. The van der Waals surface area contributed by atoms with Crippen LogP contribution >= 0.6 is 0 Å². The molecule has 0 amide bonds. The molecule has 2 aromatic rings. The van der Waals surface area contributed by atoms with Crippen molar-refractivity contribution in [1.82, 2.24) is 0 Å². The average Bonchev–Trinajstić information content (AvgIpc) is 2.78. The molecule has 0 fully saturated rings. The number of hydrogen-bond acceptors (Lipinski definition) is 6. The van der Waals surface area contributed by atoms with E-state index in [1.54, 1.807) is 0 Å². The SMILES string of the molecule is C1=NCCOCCOCCN=Cc2ccccc2OC/C=C/COc2ccccc21. The molecule has 3 rings (SSSR count). The van der Waals surface area contributed by atoms with E-state index in [0.717, 1.165) is 22.6 Å². The second kappa shape index (κ2) is 13.3. The molecule has 1 aliphatic heterocycles. The van der Waals surface area contributed by atoms with Gasteiger partial charge >= 0.3 is 0 Å². The van der Waals surface area contributed by atoms with Crippen LogP contribution in [0.3, 0.4) is 0 Å². The lowest BCUT2D eigenvalue weighted by atomic mass is 10.2. The van der Waals surface area contributed by atoms with Crippen LogP contribution in [0.1, 0.15) is 11.1 Å². The number of fused-ring (bicyclic) bond motifs is 2. The summed E-state index contributed by atoms with van der Waals surface area (Å²) in [5.41, 5.74) is 1.89. The van der Waals surface area contributed by atoms with Gasteiger partial charge in [0.05, 0.1) is 39.5 Å². The third-order valence-corrected chi connectivity index (χ3v) is 4.24. The highest BCUT2D eigenvalue weighted by Gasteiger charge is 2.01. The first kappa shape index (κ1) is 21.7. The zero-order valence-electron chi connectivity index (χ0n) is 17.1. The molecule has 1 aliphatic rings. The number of nitrogens with zero attached hydrogens (tertiary/aromatic N) is 2. The molecule has 0 radical (unpaired) electrons. The topological polar surface area (TPSA) is 61.6 Å². The van der Waals surface area contributed by atoms with E-state index in [9.17, 15) is 0 Å². The number of ether oxygens (including phenoxy) is 4. The Hall–Kier alpha value is -2.96. The number of benzene rings is 2. The molecule has 30 heavy (non-hydrogen) atoms. The van der Waals surface area contributed by atoms with Crippen molar-refractivity contribution in [3.8, 4) is 11.5 Å². The van der Waals surface area contributed by atoms with Crippen LogP contribution in [0.15, 0.2) is 70.7 Å². The van der Waals surface area contributed by atoms with Gasteiger partial charge in [0.1, 0.15) is 24.7 Å². The smallest absolute Gasteiger partial charge is 0.128 e. The summed E-state index contributed by atoms with van der Waals surface area (Å²) in [6.45, 7) is 4.30. The molecule has 0 bridgehead atoms. The van der Waals surface area contributed by atoms with Crippen LogP contribution in [0.5, 0.6) is 11.5 Å². The van der Waals surface area contributed by atoms with Crippen LogP contribution in [0.25, 0.3) is 0 Å². The van der Waals surface area contributed by atoms with Crippen molar-refractivity contribution in [1.29, 1.82) is 0 Å². The Labute approximate surface area is 177 Å². The number of para-hydroxylation sites is 2. The van der Waals surface area contributed by atoms with Crippen molar-refractivity contribution in [2.75, 3.05) is 52.7 Å². The maximum absolute atomic E-state index is 5.87. The summed E-state index contributed by atoms with van der Waals surface area (Å²) in [6.07, 6.45) is 7.54. The zero-order valence-corrected chi connectivity index (χ0v) is 17.1. The molecule has 0 aromatic heterocycles. The minimum atomic E-state index is 0.459. The van der Waals surface area contributed by atoms with Gasteiger partial charge in [0, 0.05) is 23.6 Å². The lowest BCUT2D eigenvalue weighted by Crippen LogP contribution is -2.09. The van der Waals surface area contributed by atoms with E-state index in [4.69, 9.17) is 18.9 Å². The van der Waals surface area contributed by atoms with Gasteiger partial charge in [-0.1, -0.05) is 24.3 Å². The van der Waals surface area contributed by atoms with Gasteiger partial charge in [0.15, 0.2) is 0 Å². The summed E-state index contributed by atoms with van der Waals surface area (Å²) in [5, 5.41) is 0. The molecule has 0 saturated carbocycles. The largest absolute Gasteiger partial charge is 0.489 e. The van der Waals surface area contributed by atoms with Gasteiger partial charge in [-0.25, -0.2) is 0 Å². The van der Waals surface area contributed by atoms with Crippen LogP contribution < -0.4 is 9.47 Å². The first-order valence-electron chi connectivity index (χ1n) is 10.2. The van der Waals surface area contributed by atoms with Crippen molar-refractivity contribution in [3.63, 3.8) is 0 Å². The monoisotopic (exact) mass is 408 g/mol. The Bertz CT molecular complexity index is 779. The van der Waals surface area contributed by atoms with Crippen molar-refractivity contribution in [2.45, 2.75) is 0 Å². The van der Waals surface area contributed by atoms with Gasteiger partial charge in [-0.3, -0.25) is 9.98 Å². The van der Waals surface area contributed by atoms with Crippen molar-refractivity contribution >= 4 is 12.4 Å². The zero-order chi connectivity index (χ0) is 20.7. The summed E-state index contributed by atoms with van der Waals surface area (Å²) in [4.78, 5) is 8.84. The van der Waals surface area contributed by atoms with Crippen LogP contribution in [0.4, 0.5) is 0 Å². The Morgan fingerprint density at radius 3 is 1.53 bits per heavy atom. The first-order valence-corrected chi connectivity index (χ1v) is 10.2. The highest BCUT2D eigenvalue weighted by Crippen LogP contribution is 2.17. The molecule has 0 aliphatic carbocycles. The van der Waals surface area contributed by atoms with Crippen molar-refractivity contribution in [3.05, 3.63) is 71.8 Å². The standard InChI is InChI=1S/C24H28N2O4/c1-3-9-23-21(7-1)19-25-11-15-27-17-18-28-16-12-26-20-22-8-2-4-10-24(22)30-14-6-5-13-29-23/h1-10,19-20H,11-18H2/b6-5+,25-19?,26-20?. The molecule has 1 heterocycles. The van der Waals surface area contributed by atoms with E-state index in [1.165, 1.54) is 0 Å². The normalized spacial score (nSPS) is 17.9. The van der Waals surface area contributed by atoms with Gasteiger partial charge in [-0.15, -0.1) is 0 Å². The van der Waals surface area contributed by atoms with Crippen molar-refractivity contribution in [2.24, 2.45) is 9.98 Å². The fourth-order valence-electron chi connectivity index (χ4n) is 2.73. The second-order valence-electron chi connectivity index (χ2n) is 6.46. The van der Waals surface area contributed by atoms with Gasteiger partial charge in [-0.2, -0.15) is 0 Å². The van der Waals surface area contributed by atoms with Gasteiger partial charge in [0.2, 0.25) is 0 Å². The van der Waals surface area contributed by atoms with Crippen LogP contribution in [-0.2, 0) is 9.47 Å². The summed E-state index contributed by atoms with van der Waals surface area (Å²) in [6, 6.07) is 15.7. The molecule has 6 heteroatoms. The minimum absolute atomic E-state index is 0.459. The molecule has 158 valence electrons. The molecule has 0 saturated heterocycles. The van der Waals surface area contributed by atoms with E-state index in [1.807, 2.05) is 73.1 Å². The third kappa shape index (κ3) is 7.81. The van der Waals surface area contributed by atoms with Gasteiger partial charge in [0.25, 0.3) is 0 Å². The summed E-state index contributed by atoms with van der Waals surface area (Å²) < 4.78 is 22.8. The molecule has 0 unspecified atom stereocenters. The predicted molar refractivity (Wildman–Crippen MR) is 120 cm³/mol. The summed E-state index contributed by atoms with van der Waals surface area (Å²) >= 11 is 0. The molecule has 2 aromatic carbocycles. The highest BCUT2D eigenvalue weighted by molar-refractivity contribution is 5.84. The van der Waals surface area contributed by atoms with Crippen LogP contribution in [0, 0.1) is 0 Å². The predicted octanol–water partition coefficient (Wildman–Crippen LogP) is 3.59. The Balaban J connectivity index is 1.62. The van der Waals surface area contributed by atoms with Crippen molar-refractivity contribution < 1.29 is 18.9 Å². The number of hydrogen-bond donors (Lipinski definition) is 0. The molecular formula is C24H28N2O4. The van der Waals surface area contributed by atoms with E-state index in [0.29, 0.717) is 52.7 Å². The number of aliphatic imine (C=N–C) groups is 2.